The fourth-order valence-electron chi connectivity index (χ4n) is 4.19. The van der Waals surface area contributed by atoms with Gasteiger partial charge in [0.05, 0.1) is 11.0 Å². The Hall–Kier alpha value is -2.89. The summed E-state index contributed by atoms with van der Waals surface area (Å²) in [7, 11) is 0. The number of nitrogens with one attached hydrogen (secondary N) is 1. The summed E-state index contributed by atoms with van der Waals surface area (Å²) in [5.74, 6) is -0.566. The summed E-state index contributed by atoms with van der Waals surface area (Å²) in [5.41, 5.74) is 2.79. The van der Waals surface area contributed by atoms with E-state index in [9.17, 15) is 14.4 Å². The predicted octanol–water partition coefficient (Wildman–Crippen LogP) is 1.97. The molecule has 4 rings (SSSR count). The zero-order valence-electron chi connectivity index (χ0n) is 14.9. The van der Waals surface area contributed by atoms with Gasteiger partial charge in [0.1, 0.15) is 0 Å². The van der Waals surface area contributed by atoms with Gasteiger partial charge >= 0.3 is 0 Å². The predicted molar refractivity (Wildman–Crippen MR) is 96.0 cm³/mol. The molecule has 2 aromatic rings. The summed E-state index contributed by atoms with van der Waals surface area (Å²) in [5, 5.41) is 2.37. The van der Waals surface area contributed by atoms with E-state index in [-0.39, 0.29) is 24.1 Å². The van der Waals surface area contributed by atoms with Gasteiger partial charge in [0.2, 0.25) is 11.8 Å². The van der Waals surface area contributed by atoms with Crippen LogP contribution in [0.2, 0.25) is 0 Å². The Labute approximate surface area is 151 Å². The molecule has 2 aliphatic heterocycles. The van der Waals surface area contributed by atoms with Crippen LogP contribution in [0.1, 0.15) is 34.6 Å². The van der Waals surface area contributed by atoms with Gasteiger partial charge in [-0.15, -0.1) is 0 Å². The number of aromatic nitrogens is 1. The zero-order valence-corrected chi connectivity index (χ0v) is 14.9. The van der Waals surface area contributed by atoms with Crippen LogP contribution in [0.5, 0.6) is 0 Å². The summed E-state index contributed by atoms with van der Waals surface area (Å²) in [6.07, 6.45) is 0.715. The molecule has 0 aliphatic carbocycles. The number of carbonyl (C=O) groups excluding carboxylic acids is 3. The number of benzene rings is 1. The van der Waals surface area contributed by atoms with Gasteiger partial charge < -0.3 is 9.47 Å². The fourth-order valence-corrected chi connectivity index (χ4v) is 4.19. The van der Waals surface area contributed by atoms with E-state index in [1.165, 1.54) is 0 Å². The van der Waals surface area contributed by atoms with Crippen LogP contribution in [0.4, 0.5) is 0 Å². The van der Waals surface area contributed by atoms with Crippen molar-refractivity contribution >= 4 is 17.7 Å². The van der Waals surface area contributed by atoms with Crippen molar-refractivity contribution in [1.82, 2.24) is 14.8 Å². The van der Waals surface area contributed by atoms with Crippen molar-refractivity contribution in [3.8, 4) is 5.69 Å². The largest absolute Gasteiger partial charge is 0.337 e. The van der Waals surface area contributed by atoms with E-state index in [2.05, 4.69) is 9.88 Å². The Morgan fingerprint density at radius 3 is 2.54 bits per heavy atom. The number of rotatable bonds is 2. The van der Waals surface area contributed by atoms with Crippen molar-refractivity contribution in [3.05, 3.63) is 53.3 Å². The number of likely N-dealkylation sites (tertiary alicyclic amines) is 1. The average molecular weight is 351 g/mol. The molecule has 2 fully saturated rings. The molecule has 6 nitrogen and oxygen atoms in total. The summed E-state index contributed by atoms with van der Waals surface area (Å²) < 4.78 is 2.06. The van der Waals surface area contributed by atoms with Crippen molar-refractivity contribution in [2.24, 2.45) is 5.41 Å². The monoisotopic (exact) mass is 351 g/mol. The molecule has 134 valence electrons. The Morgan fingerprint density at radius 2 is 1.88 bits per heavy atom. The third-order valence-corrected chi connectivity index (χ3v) is 5.55. The topological polar surface area (TPSA) is 71.4 Å². The van der Waals surface area contributed by atoms with Crippen LogP contribution in [0.3, 0.4) is 0 Å². The lowest BCUT2D eigenvalue weighted by Gasteiger charge is -2.20. The summed E-state index contributed by atoms with van der Waals surface area (Å²) in [6, 6.07) is 11.8. The highest BCUT2D eigenvalue weighted by Crippen LogP contribution is 2.38. The molecule has 1 aromatic heterocycles. The minimum Gasteiger partial charge on any atom is -0.337 e. The molecule has 0 radical (unpaired) electrons. The molecule has 3 amide bonds. The van der Waals surface area contributed by atoms with Crippen molar-refractivity contribution in [1.29, 1.82) is 0 Å². The molecule has 1 N–H and O–H groups in total. The summed E-state index contributed by atoms with van der Waals surface area (Å²) in [4.78, 5) is 38.5. The smallest absolute Gasteiger partial charge is 0.255 e. The lowest BCUT2D eigenvalue weighted by Crippen LogP contribution is -2.36. The number of imide groups is 1. The second kappa shape index (κ2) is 5.83. The second-order valence-electron chi connectivity index (χ2n) is 7.27. The molecule has 6 heteroatoms. The van der Waals surface area contributed by atoms with Crippen molar-refractivity contribution in [2.75, 3.05) is 13.1 Å². The Kier molecular flexibility index (Phi) is 3.72. The van der Waals surface area contributed by atoms with Crippen LogP contribution in [0.15, 0.2) is 36.4 Å². The first-order chi connectivity index (χ1) is 12.4. The molecule has 2 aliphatic rings. The lowest BCUT2D eigenvalue weighted by atomic mass is 9.85. The van der Waals surface area contributed by atoms with Gasteiger partial charge in [0.25, 0.3) is 5.91 Å². The molecule has 3 heterocycles. The maximum atomic E-state index is 13.1. The normalized spacial score (nSPS) is 22.3. The molecule has 2 saturated heterocycles. The second-order valence-corrected chi connectivity index (χ2v) is 7.27. The molecule has 1 spiro atoms. The van der Waals surface area contributed by atoms with Crippen LogP contribution >= 0.6 is 0 Å². The number of para-hydroxylation sites is 1. The minimum atomic E-state index is -0.738. The van der Waals surface area contributed by atoms with Crippen molar-refractivity contribution < 1.29 is 14.4 Å². The third kappa shape index (κ3) is 2.44. The van der Waals surface area contributed by atoms with E-state index in [0.717, 1.165) is 17.1 Å². The maximum absolute atomic E-state index is 13.1. The first-order valence-electron chi connectivity index (χ1n) is 8.79. The average Bonchev–Trinajstić information content (AvgIpc) is 3.25. The molecular formula is C20H21N3O3. The molecule has 26 heavy (non-hydrogen) atoms. The first-order valence-corrected chi connectivity index (χ1v) is 8.79. The van der Waals surface area contributed by atoms with E-state index in [4.69, 9.17) is 0 Å². The molecule has 1 aromatic carbocycles. The zero-order chi connectivity index (χ0) is 18.5. The van der Waals surface area contributed by atoms with E-state index in [1.54, 1.807) is 4.90 Å². The highest BCUT2D eigenvalue weighted by atomic mass is 16.2. The Morgan fingerprint density at radius 1 is 1.15 bits per heavy atom. The van der Waals surface area contributed by atoms with Crippen LogP contribution in [-0.2, 0) is 9.59 Å². The SMILES string of the molecule is Cc1cc(C(=O)N2CC[C@]3(CC(=O)NC3=O)C2)c(C)n1-c1ccccc1. The van der Waals surface area contributed by atoms with Gasteiger partial charge in [-0.2, -0.15) is 0 Å². The highest BCUT2D eigenvalue weighted by molar-refractivity contribution is 6.07. The van der Waals surface area contributed by atoms with Crippen LogP contribution in [0.25, 0.3) is 5.69 Å². The minimum absolute atomic E-state index is 0.0793. The first kappa shape index (κ1) is 16.6. The standard InChI is InChI=1S/C20H21N3O3/c1-13-10-16(14(2)23(13)15-6-4-3-5-7-15)18(25)22-9-8-20(12-22)11-17(24)21-19(20)26/h3-7,10H,8-9,11-12H2,1-2H3,(H,21,24,26)/t20-/m0/s1. The Bertz CT molecular complexity index is 916. The molecule has 1 atom stereocenters. The molecule has 0 saturated carbocycles. The Balaban J connectivity index is 1.62. The maximum Gasteiger partial charge on any atom is 0.255 e. The summed E-state index contributed by atoms with van der Waals surface area (Å²) in [6.45, 7) is 4.71. The van der Waals surface area contributed by atoms with Crippen molar-refractivity contribution in [2.45, 2.75) is 26.7 Å². The number of aryl methyl sites for hydroxylation is 1. The van der Waals surface area contributed by atoms with Gasteiger partial charge in [-0.3, -0.25) is 19.7 Å². The number of nitrogens with zero attached hydrogens (tertiary/aromatic N) is 2. The third-order valence-electron chi connectivity index (χ3n) is 5.55. The van der Waals surface area contributed by atoms with Crippen LogP contribution in [0, 0.1) is 19.3 Å². The van der Waals surface area contributed by atoms with E-state index < -0.39 is 5.41 Å². The number of amides is 3. The van der Waals surface area contributed by atoms with Gasteiger partial charge in [-0.05, 0) is 38.5 Å². The van der Waals surface area contributed by atoms with Gasteiger partial charge in [-0.1, -0.05) is 18.2 Å². The highest BCUT2D eigenvalue weighted by Gasteiger charge is 2.52. The van der Waals surface area contributed by atoms with E-state index in [1.807, 2.05) is 50.2 Å². The lowest BCUT2D eigenvalue weighted by molar-refractivity contribution is -0.128. The van der Waals surface area contributed by atoms with Crippen LogP contribution < -0.4 is 5.32 Å². The van der Waals surface area contributed by atoms with Crippen LogP contribution in [-0.4, -0.2) is 40.3 Å². The molecule has 0 unspecified atom stereocenters. The molecule has 0 bridgehead atoms. The molecular weight excluding hydrogens is 330 g/mol. The fraction of sp³-hybridized carbons (Fsp3) is 0.350. The quantitative estimate of drug-likeness (QED) is 0.841. The van der Waals surface area contributed by atoms with E-state index in [0.29, 0.717) is 25.1 Å². The summed E-state index contributed by atoms with van der Waals surface area (Å²) >= 11 is 0. The van der Waals surface area contributed by atoms with Crippen molar-refractivity contribution in [3.63, 3.8) is 0 Å². The number of hydrogen-bond acceptors (Lipinski definition) is 3. The van der Waals surface area contributed by atoms with Gasteiger partial charge in [-0.25, -0.2) is 0 Å². The van der Waals surface area contributed by atoms with E-state index >= 15 is 0 Å². The number of carbonyl (C=O) groups is 3. The van der Waals surface area contributed by atoms with Gasteiger partial charge in [0.15, 0.2) is 0 Å². The van der Waals surface area contributed by atoms with Gasteiger partial charge in [0, 0.05) is 36.6 Å². The number of hydrogen-bond donors (Lipinski definition) is 1.